The van der Waals surface area contributed by atoms with Crippen molar-refractivity contribution in [2.75, 3.05) is 6.61 Å². The Balaban J connectivity index is 4.56. The summed E-state index contributed by atoms with van der Waals surface area (Å²) in [5.74, 6) is -0.985. The molecule has 0 amide bonds. The van der Waals surface area contributed by atoms with Gasteiger partial charge in [-0.3, -0.25) is 4.79 Å². The summed E-state index contributed by atoms with van der Waals surface area (Å²) in [6.07, 6.45) is -0.215. The molecule has 0 rings (SSSR count). The Morgan fingerprint density at radius 3 is 1.92 bits per heavy atom. The highest BCUT2D eigenvalue weighted by molar-refractivity contribution is 5.68. The first kappa shape index (κ1) is 11.4. The van der Waals surface area contributed by atoms with Crippen molar-refractivity contribution < 1.29 is 15.0 Å². The Hall–Kier alpha value is -0.610. The topological polar surface area (TPSA) is 83.5 Å². The highest BCUT2D eigenvalue weighted by Gasteiger charge is 2.39. The van der Waals surface area contributed by atoms with Crippen molar-refractivity contribution in [1.82, 2.24) is 0 Å². The van der Waals surface area contributed by atoms with Crippen molar-refractivity contribution in [3.8, 4) is 0 Å². The van der Waals surface area contributed by atoms with Crippen LogP contribution in [0.25, 0.3) is 0 Å². The van der Waals surface area contributed by atoms with Crippen LogP contribution in [0.1, 0.15) is 27.2 Å². The second-order valence-electron chi connectivity index (χ2n) is 4.13. The Kier molecular flexibility index (Phi) is 3.24. The van der Waals surface area contributed by atoms with Crippen molar-refractivity contribution >= 4 is 5.97 Å². The summed E-state index contributed by atoms with van der Waals surface area (Å²) in [5.41, 5.74) is 4.29. The molecule has 12 heavy (non-hydrogen) atoms. The molecule has 1 atom stereocenters. The Labute approximate surface area is 72.4 Å². The first-order valence-corrected chi connectivity index (χ1v) is 3.84. The van der Waals surface area contributed by atoms with Crippen LogP contribution in [0.2, 0.25) is 0 Å². The van der Waals surface area contributed by atoms with Gasteiger partial charge in [0.05, 0.1) is 18.6 Å². The molecule has 4 heteroatoms. The number of hydrogen-bond donors (Lipinski definition) is 3. The molecule has 0 bridgehead atoms. The Morgan fingerprint density at radius 1 is 1.42 bits per heavy atom. The fourth-order valence-electron chi connectivity index (χ4n) is 0.828. The molecule has 0 aromatic carbocycles. The van der Waals surface area contributed by atoms with Crippen LogP contribution in [0, 0.1) is 5.41 Å². The molecule has 0 saturated carbocycles. The summed E-state index contributed by atoms with van der Waals surface area (Å²) >= 11 is 0. The minimum Gasteiger partial charge on any atom is -0.481 e. The number of aliphatic hydroxyl groups excluding tert-OH is 1. The number of rotatable bonds is 3. The van der Waals surface area contributed by atoms with Crippen LogP contribution in [0.4, 0.5) is 0 Å². The average Bonchev–Trinajstić information content (AvgIpc) is 1.83. The fourth-order valence-corrected chi connectivity index (χ4v) is 0.828. The van der Waals surface area contributed by atoms with E-state index in [1.165, 1.54) is 0 Å². The van der Waals surface area contributed by atoms with Crippen molar-refractivity contribution in [3.05, 3.63) is 0 Å². The normalized spacial score (nSPS) is 17.1. The maximum absolute atomic E-state index is 10.4. The molecule has 0 aliphatic rings. The van der Waals surface area contributed by atoms with Crippen LogP contribution in [0.3, 0.4) is 0 Å². The first-order chi connectivity index (χ1) is 5.23. The number of hydrogen-bond acceptors (Lipinski definition) is 3. The zero-order valence-electron chi connectivity index (χ0n) is 7.79. The minimum absolute atomic E-state index is 0.215. The predicted octanol–water partition coefficient (Wildman–Crippen LogP) is 0.197. The quantitative estimate of drug-likeness (QED) is 0.572. The molecule has 0 heterocycles. The molecule has 4 nitrogen and oxygen atoms in total. The summed E-state index contributed by atoms with van der Waals surface area (Å²) in [6.45, 7) is 5.12. The van der Waals surface area contributed by atoms with E-state index in [-0.39, 0.29) is 13.0 Å². The largest absolute Gasteiger partial charge is 0.481 e. The summed E-state index contributed by atoms with van der Waals surface area (Å²) < 4.78 is 0. The zero-order valence-corrected chi connectivity index (χ0v) is 7.79. The lowest BCUT2D eigenvalue weighted by atomic mass is 9.73. The van der Waals surface area contributed by atoms with Crippen LogP contribution >= 0.6 is 0 Å². The van der Waals surface area contributed by atoms with Crippen molar-refractivity contribution in [3.63, 3.8) is 0 Å². The van der Waals surface area contributed by atoms with Gasteiger partial charge < -0.3 is 15.9 Å². The maximum atomic E-state index is 10.4. The monoisotopic (exact) mass is 175 g/mol. The van der Waals surface area contributed by atoms with E-state index in [4.69, 9.17) is 15.9 Å². The summed E-state index contributed by atoms with van der Waals surface area (Å²) in [5, 5.41) is 17.5. The SMILES string of the molecule is CC(C)(C)[C@@](N)(CO)CC(=O)O. The second-order valence-corrected chi connectivity index (χ2v) is 4.13. The van der Waals surface area contributed by atoms with E-state index in [1.807, 2.05) is 20.8 Å². The molecule has 0 aromatic rings. The smallest absolute Gasteiger partial charge is 0.305 e. The minimum atomic E-state index is -1.04. The average molecular weight is 175 g/mol. The zero-order chi connectivity index (χ0) is 9.99. The van der Waals surface area contributed by atoms with Gasteiger partial charge in [-0.2, -0.15) is 0 Å². The van der Waals surface area contributed by atoms with Gasteiger partial charge in [-0.15, -0.1) is 0 Å². The number of aliphatic hydroxyl groups is 1. The molecular formula is C8H17NO3. The van der Waals surface area contributed by atoms with E-state index in [1.54, 1.807) is 0 Å². The van der Waals surface area contributed by atoms with E-state index >= 15 is 0 Å². The summed E-state index contributed by atoms with van der Waals surface area (Å²) in [4.78, 5) is 10.4. The number of carbonyl (C=O) groups is 1. The van der Waals surface area contributed by atoms with E-state index in [2.05, 4.69) is 0 Å². The molecule has 0 aliphatic heterocycles. The number of nitrogens with two attached hydrogens (primary N) is 1. The standard InChI is InChI=1S/C8H17NO3/c1-7(2,3)8(9,5-10)4-6(11)12/h10H,4-5,9H2,1-3H3,(H,11,12)/t8-/m0/s1. The molecule has 0 fully saturated rings. The molecule has 0 aliphatic carbocycles. The van der Waals surface area contributed by atoms with Gasteiger partial charge in [0.1, 0.15) is 0 Å². The van der Waals surface area contributed by atoms with Crippen molar-refractivity contribution in [2.45, 2.75) is 32.7 Å². The fraction of sp³-hybridized carbons (Fsp3) is 0.875. The van der Waals surface area contributed by atoms with Gasteiger partial charge in [0.25, 0.3) is 0 Å². The molecule has 0 saturated heterocycles. The third-order valence-corrected chi connectivity index (χ3v) is 2.24. The Bertz CT molecular complexity index is 174. The highest BCUT2D eigenvalue weighted by Crippen LogP contribution is 2.30. The molecule has 0 spiro atoms. The molecule has 0 radical (unpaired) electrons. The summed E-state index contributed by atoms with van der Waals surface area (Å²) in [6, 6.07) is 0. The predicted molar refractivity (Wildman–Crippen MR) is 45.7 cm³/mol. The molecular weight excluding hydrogens is 158 g/mol. The van der Waals surface area contributed by atoms with Gasteiger partial charge in [0.15, 0.2) is 0 Å². The van der Waals surface area contributed by atoms with Gasteiger partial charge in [0, 0.05) is 0 Å². The van der Waals surface area contributed by atoms with Crippen LogP contribution < -0.4 is 5.73 Å². The number of carboxylic acid groups (broad SMARTS) is 1. The van der Waals surface area contributed by atoms with E-state index in [0.717, 1.165) is 0 Å². The molecule has 0 unspecified atom stereocenters. The van der Waals surface area contributed by atoms with Crippen LogP contribution in [-0.4, -0.2) is 28.3 Å². The van der Waals surface area contributed by atoms with Crippen LogP contribution in [0.5, 0.6) is 0 Å². The number of carboxylic acids is 1. The molecule has 72 valence electrons. The van der Waals surface area contributed by atoms with E-state index < -0.39 is 16.9 Å². The van der Waals surface area contributed by atoms with E-state index in [9.17, 15) is 4.79 Å². The van der Waals surface area contributed by atoms with Gasteiger partial charge in [-0.1, -0.05) is 20.8 Å². The van der Waals surface area contributed by atoms with Crippen molar-refractivity contribution in [1.29, 1.82) is 0 Å². The van der Waals surface area contributed by atoms with Gasteiger partial charge in [-0.05, 0) is 5.41 Å². The maximum Gasteiger partial charge on any atom is 0.305 e. The van der Waals surface area contributed by atoms with Crippen LogP contribution in [-0.2, 0) is 4.79 Å². The summed E-state index contributed by atoms with van der Waals surface area (Å²) in [7, 11) is 0. The molecule has 0 aromatic heterocycles. The number of aliphatic carboxylic acids is 1. The second kappa shape index (κ2) is 3.41. The first-order valence-electron chi connectivity index (χ1n) is 3.84. The van der Waals surface area contributed by atoms with E-state index in [0.29, 0.717) is 0 Å². The lowest BCUT2D eigenvalue weighted by Gasteiger charge is -2.38. The highest BCUT2D eigenvalue weighted by atomic mass is 16.4. The lowest BCUT2D eigenvalue weighted by Crippen LogP contribution is -2.55. The third-order valence-electron chi connectivity index (χ3n) is 2.24. The van der Waals surface area contributed by atoms with Gasteiger partial charge in [-0.25, -0.2) is 0 Å². The third kappa shape index (κ3) is 2.46. The van der Waals surface area contributed by atoms with Crippen LogP contribution in [0.15, 0.2) is 0 Å². The Morgan fingerprint density at radius 2 is 1.83 bits per heavy atom. The van der Waals surface area contributed by atoms with Gasteiger partial charge in [0.2, 0.25) is 0 Å². The van der Waals surface area contributed by atoms with Gasteiger partial charge >= 0.3 is 5.97 Å². The van der Waals surface area contributed by atoms with Crippen molar-refractivity contribution in [2.24, 2.45) is 11.1 Å². The lowest BCUT2D eigenvalue weighted by molar-refractivity contribution is -0.140. The molecule has 4 N–H and O–H groups in total.